The Morgan fingerprint density at radius 2 is 1.75 bits per heavy atom. The van der Waals surface area contributed by atoms with Crippen molar-refractivity contribution in [3.05, 3.63) is 71.8 Å². The van der Waals surface area contributed by atoms with Gasteiger partial charge in [0.05, 0.1) is 5.52 Å². The molecule has 3 rings (SSSR count). The van der Waals surface area contributed by atoms with Crippen LogP contribution in [0.25, 0.3) is 10.9 Å². The summed E-state index contributed by atoms with van der Waals surface area (Å²) in [5.41, 5.74) is 0.867. The topological polar surface area (TPSA) is 66.1 Å². The Bertz CT molecular complexity index is 944. The number of fused-ring (bicyclic) bond motifs is 1. The zero-order valence-corrected chi connectivity index (χ0v) is 15.5. The van der Waals surface area contributed by atoms with E-state index >= 15 is 0 Å². The number of aromatic nitrogens is 1. The van der Waals surface area contributed by atoms with E-state index in [1.807, 2.05) is 36.4 Å². The van der Waals surface area contributed by atoms with Gasteiger partial charge in [-0.25, -0.2) is 18.6 Å². The summed E-state index contributed by atoms with van der Waals surface area (Å²) in [6.07, 6.45) is 0.0746. The molecule has 0 radical (unpaired) electrons. The highest BCUT2D eigenvalue weighted by atomic mass is 19.1. The van der Waals surface area contributed by atoms with Crippen LogP contribution >= 0.6 is 0 Å². The van der Waals surface area contributed by atoms with Crippen LogP contribution in [0, 0.1) is 11.6 Å². The molecule has 0 spiro atoms. The summed E-state index contributed by atoms with van der Waals surface area (Å²) in [4.78, 5) is 16.4. The minimum absolute atomic E-state index is 0.0284. The van der Waals surface area contributed by atoms with Crippen molar-refractivity contribution in [2.75, 3.05) is 18.4 Å². The number of nitrogens with one attached hydrogen (secondary N) is 3. The molecular weight excluding hydrogens is 362 g/mol. The molecule has 0 saturated heterocycles. The van der Waals surface area contributed by atoms with E-state index in [-0.39, 0.29) is 12.0 Å². The third-order valence-corrected chi connectivity index (χ3v) is 4.26. The van der Waals surface area contributed by atoms with Crippen LogP contribution in [-0.2, 0) is 6.42 Å². The number of urea groups is 1. The van der Waals surface area contributed by atoms with Gasteiger partial charge in [0.25, 0.3) is 0 Å². The fourth-order valence-corrected chi connectivity index (χ4v) is 2.89. The Balaban J connectivity index is 1.41. The third kappa shape index (κ3) is 5.16. The number of hydrogen-bond donors (Lipinski definition) is 3. The average Bonchev–Trinajstić information content (AvgIpc) is 2.68. The van der Waals surface area contributed by atoms with Crippen LogP contribution in [-0.4, -0.2) is 30.1 Å². The molecule has 0 aliphatic rings. The van der Waals surface area contributed by atoms with Gasteiger partial charge in [-0.15, -0.1) is 0 Å². The second kappa shape index (κ2) is 9.12. The summed E-state index contributed by atoms with van der Waals surface area (Å²) < 4.78 is 27.3. The van der Waals surface area contributed by atoms with Crippen molar-refractivity contribution in [2.24, 2.45) is 0 Å². The first-order chi connectivity index (χ1) is 13.5. The Hall–Kier alpha value is -3.22. The lowest BCUT2D eigenvalue weighted by Gasteiger charge is -2.16. The molecule has 28 heavy (non-hydrogen) atoms. The molecule has 0 saturated carbocycles. The van der Waals surface area contributed by atoms with E-state index in [2.05, 4.69) is 20.9 Å². The van der Waals surface area contributed by atoms with Crippen LogP contribution < -0.4 is 16.0 Å². The molecule has 1 unspecified atom stereocenters. The van der Waals surface area contributed by atoms with Crippen LogP contribution in [0.1, 0.15) is 12.5 Å². The lowest BCUT2D eigenvalue weighted by molar-refractivity contribution is 0.238. The molecule has 0 fully saturated rings. The van der Waals surface area contributed by atoms with Crippen LogP contribution in [0.3, 0.4) is 0 Å². The van der Waals surface area contributed by atoms with E-state index in [0.29, 0.717) is 13.1 Å². The van der Waals surface area contributed by atoms with Crippen molar-refractivity contribution in [3.63, 3.8) is 0 Å². The summed E-state index contributed by atoms with van der Waals surface area (Å²) in [6.45, 7) is 2.57. The van der Waals surface area contributed by atoms with Gasteiger partial charge in [0.2, 0.25) is 0 Å². The number of pyridine rings is 1. The number of para-hydroxylation sites is 1. The molecule has 0 aliphatic carbocycles. The van der Waals surface area contributed by atoms with Crippen LogP contribution in [0.4, 0.5) is 19.4 Å². The van der Waals surface area contributed by atoms with Gasteiger partial charge in [-0.3, -0.25) is 0 Å². The zero-order valence-electron chi connectivity index (χ0n) is 15.5. The summed E-state index contributed by atoms with van der Waals surface area (Å²) in [6, 6.07) is 14.6. The number of carbonyl (C=O) groups is 1. The monoisotopic (exact) mass is 384 g/mol. The van der Waals surface area contributed by atoms with Crippen LogP contribution in [0.5, 0.6) is 0 Å². The molecule has 146 valence electrons. The maximum absolute atomic E-state index is 13.7. The summed E-state index contributed by atoms with van der Waals surface area (Å²) in [5, 5.41) is 9.60. The lowest BCUT2D eigenvalue weighted by atomic mass is 10.1. The predicted molar refractivity (Wildman–Crippen MR) is 106 cm³/mol. The number of anilines is 1. The van der Waals surface area contributed by atoms with Gasteiger partial charge in [-0.05, 0) is 43.7 Å². The molecule has 2 aromatic carbocycles. The number of rotatable bonds is 7. The number of benzene rings is 2. The maximum atomic E-state index is 13.7. The molecule has 1 atom stereocenters. The number of carbonyl (C=O) groups excluding carboxylic acids is 1. The van der Waals surface area contributed by atoms with Gasteiger partial charge in [-0.1, -0.05) is 24.3 Å². The highest BCUT2D eigenvalue weighted by molar-refractivity contribution is 5.80. The average molecular weight is 384 g/mol. The van der Waals surface area contributed by atoms with Crippen molar-refractivity contribution < 1.29 is 13.6 Å². The quantitative estimate of drug-likeness (QED) is 0.542. The molecule has 1 aromatic heterocycles. The Kier molecular flexibility index (Phi) is 6.37. The SMILES string of the molecule is CC(Cc1c(F)cccc1F)NC(=O)NCCNc1ccc2ccccc2n1. The van der Waals surface area contributed by atoms with Crippen molar-refractivity contribution in [2.45, 2.75) is 19.4 Å². The van der Waals surface area contributed by atoms with E-state index in [1.54, 1.807) is 6.92 Å². The molecule has 7 heteroatoms. The number of halogens is 2. The van der Waals surface area contributed by atoms with Gasteiger partial charge in [0.15, 0.2) is 0 Å². The van der Waals surface area contributed by atoms with Crippen LogP contribution in [0.15, 0.2) is 54.6 Å². The predicted octanol–water partition coefficient (Wildman–Crippen LogP) is 3.86. The minimum atomic E-state index is -0.610. The van der Waals surface area contributed by atoms with E-state index in [4.69, 9.17) is 0 Å². The molecule has 0 bridgehead atoms. The maximum Gasteiger partial charge on any atom is 0.315 e. The largest absolute Gasteiger partial charge is 0.368 e. The molecule has 5 nitrogen and oxygen atoms in total. The van der Waals surface area contributed by atoms with Gasteiger partial charge < -0.3 is 16.0 Å². The second-order valence-corrected chi connectivity index (χ2v) is 6.52. The normalized spacial score (nSPS) is 11.8. The fourth-order valence-electron chi connectivity index (χ4n) is 2.89. The molecule has 1 heterocycles. The van der Waals surface area contributed by atoms with E-state index in [0.717, 1.165) is 16.7 Å². The van der Waals surface area contributed by atoms with Crippen molar-refractivity contribution in [1.82, 2.24) is 15.6 Å². The highest BCUT2D eigenvalue weighted by Gasteiger charge is 2.14. The highest BCUT2D eigenvalue weighted by Crippen LogP contribution is 2.15. The first kappa shape index (κ1) is 19.5. The molecule has 3 N–H and O–H groups in total. The number of amides is 2. The number of nitrogens with zero attached hydrogens (tertiary/aromatic N) is 1. The van der Waals surface area contributed by atoms with E-state index in [1.165, 1.54) is 18.2 Å². The molecular formula is C21H22F2N4O. The first-order valence-electron chi connectivity index (χ1n) is 9.10. The fraction of sp³-hybridized carbons (Fsp3) is 0.238. The van der Waals surface area contributed by atoms with E-state index < -0.39 is 23.7 Å². The summed E-state index contributed by atoms with van der Waals surface area (Å²) in [5.74, 6) is -0.494. The van der Waals surface area contributed by atoms with Gasteiger partial charge in [-0.2, -0.15) is 0 Å². The first-order valence-corrected chi connectivity index (χ1v) is 9.10. The Labute approximate surface area is 162 Å². The number of hydrogen-bond acceptors (Lipinski definition) is 3. The smallest absolute Gasteiger partial charge is 0.315 e. The second-order valence-electron chi connectivity index (χ2n) is 6.52. The van der Waals surface area contributed by atoms with Crippen molar-refractivity contribution in [3.8, 4) is 0 Å². The zero-order chi connectivity index (χ0) is 19.9. The Morgan fingerprint density at radius 1 is 1.00 bits per heavy atom. The van der Waals surface area contributed by atoms with Crippen LogP contribution in [0.2, 0.25) is 0 Å². The summed E-state index contributed by atoms with van der Waals surface area (Å²) >= 11 is 0. The van der Waals surface area contributed by atoms with Crippen molar-refractivity contribution >= 4 is 22.8 Å². The van der Waals surface area contributed by atoms with E-state index in [9.17, 15) is 13.6 Å². The van der Waals surface area contributed by atoms with Gasteiger partial charge >= 0.3 is 6.03 Å². The van der Waals surface area contributed by atoms with Crippen molar-refractivity contribution in [1.29, 1.82) is 0 Å². The van der Waals surface area contributed by atoms with Gasteiger partial charge in [0, 0.05) is 30.1 Å². The summed E-state index contributed by atoms with van der Waals surface area (Å²) in [7, 11) is 0. The Morgan fingerprint density at radius 3 is 2.54 bits per heavy atom. The lowest BCUT2D eigenvalue weighted by Crippen LogP contribution is -2.43. The third-order valence-electron chi connectivity index (χ3n) is 4.26. The molecule has 2 amide bonds. The molecule has 3 aromatic rings. The standard InChI is InChI=1S/C21H22F2N4O/c1-14(13-16-17(22)6-4-7-18(16)23)26-21(28)25-12-11-24-20-10-9-15-5-2-3-8-19(15)27-20/h2-10,14H,11-13H2,1H3,(H,24,27)(H2,25,26,28). The minimum Gasteiger partial charge on any atom is -0.368 e. The van der Waals surface area contributed by atoms with Gasteiger partial charge in [0.1, 0.15) is 17.5 Å². The molecule has 0 aliphatic heterocycles.